The molecule has 0 saturated heterocycles. The van der Waals surface area contributed by atoms with Crippen LogP contribution in [0.4, 0.5) is 0 Å². The molecule has 0 fully saturated rings. The third kappa shape index (κ3) is 3.29. The zero-order valence-corrected chi connectivity index (χ0v) is 13.1. The Kier molecular flexibility index (Phi) is 4.71. The van der Waals surface area contributed by atoms with Gasteiger partial charge in [0.25, 0.3) is 10.0 Å². The van der Waals surface area contributed by atoms with Crippen LogP contribution in [0.1, 0.15) is 16.1 Å². The lowest BCUT2D eigenvalue weighted by molar-refractivity contribution is 0.0590. The second-order valence-corrected chi connectivity index (χ2v) is 7.32. The molecule has 0 radical (unpaired) electrons. The number of ether oxygens (including phenoxy) is 1. The molecule has 112 valence electrons. The number of carbonyl (C=O) groups excluding carboxylic acids is 1. The van der Waals surface area contributed by atoms with Crippen LogP contribution in [0.5, 0.6) is 0 Å². The van der Waals surface area contributed by atoms with Crippen LogP contribution >= 0.6 is 11.3 Å². The van der Waals surface area contributed by atoms with E-state index in [1.54, 1.807) is 0 Å². The summed E-state index contributed by atoms with van der Waals surface area (Å²) in [4.78, 5) is 15.3. The van der Waals surface area contributed by atoms with Crippen LogP contribution in [-0.2, 0) is 21.3 Å². The van der Waals surface area contributed by atoms with E-state index in [1.807, 2.05) is 30.3 Å². The Bertz CT molecular complexity index is 726. The van der Waals surface area contributed by atoms with Crippen molar-refractivity contribution in [1.82, 2.24) is 9.29 Å². The SMILES string of the molecule is COC(=O)c1ncsc1S(=O)(=O)N(C)Cc1ccccc1. The van der Waals surface area contributed by atoms with Gasteiger partial charge >= 0.3 is 5.97 Å². The number of sulfonamides is 1. The molecule has 0 saturated carbocycles. The van der Waals surface area contributed by atoms with E-state index in [4.69, 9.17) is 0 Å². The Hall–Kier alpha value is -1.77. The summed E-state index contributed by atoms with van der Waals surface area (Å²) < 4.78 is 30.7. The van der Waals surface area contributed by atoms with Gasteiger partial charge in [0, 0.05) is 13.6 Å². The largest absolute Gasteiger partial charge is 0.464 e. The van der Waals surface area contributed by atoms with Crippen LogP contribution in [0.25, 0.3) is 0 Å². The predicted octanol–water partition coefficient (Wildman–Crippen LogP) is 1.75. The molecule has 0 atom stereocenters. The normalized spacial score (nSPS) is 11.6. The second-order valence-electron chi connectivity index (χ2n) is 4.23. The molecule has 1 heterocycles. The van der Waals surface area contributed by atoms with Crippen LogP contribution in [0, 0.1) is 0 Å². The molecule has 0 aliphatic carbocycles. The lowest BCUT2D eigenvalue weighted by Crippen LogP contribution is -2.27. The van der Waals surface area contributed by atoms with Crippen LogP contribution in [0.15, 0.2) is 40.1 Å². The first-order chi connectivity index (χ1) is 9.96. The zero-order chi connectivity index (χ0) is 15.5. The summed E-state index contributed by atoms with van der Waals surface area (Å²) >= 11 is 0.898. The summed E-state index contributed by atoms with van der Waals surface area (Å²) in [5, 5.41) is 0. The van der Waals surface area contributed by atoms with Crippen molar-refractivity contribution in [3.8, 4) is 0 Å². The van der Waals surface area contributed by atoms with Gasteiger partial charge in [-0.3, -0.25) is 0 Å². The maximum absolute atomic E-state index is 12.5. The number of methoxy groups -OCH3 is 1. The third-order valence-corrected chi connectivity index (χ3v) is 5.96. The molecule has 0 amide bonds. The zero-order valence-electron chi connectivity index (χ0n) is 11.5. The molecule has 6 nitrogen and oxygen atoms in total. The van der Waals surface area contributed by atoms with Gasteiger partial charge < -0.3 is 4.74 Å². The summed E-state index contributed by atoms with van der Waals surface area (Å²) in [7, 11) is -1.14. The Balaban J connectivity index is 2.30. The maximum Gasteiger partial charge on any atom is 0.358 e. The molecule has 0 unspecified atom stereocenters. The lowest BCUT2D eigenvalue weighted by atomic mass is 10.2. The predicted molar refractivity (Wildman–Crippen MR) is 78.5 cm³/mol. The van der Waals surface area contributed by atoms with E-state index in [0.717, 1.165) is 16.9 Å². The van der Waals surface area contributed by atoms with Crippen LogP contribution in [0.2, 0.25) is 0 Å². The van der Waals surface area contributed by atoms with Gasteiger partial charge in [0.2, 0.25) is 0 Å². The first-order valence-corrected chi connectivity index (χ1v) is 8.31. The van der Waals surface area contributed by atoms with Crippen molar-refractivity contribution < 1.29 is 17.9 Å². The van der Waals surface area contributed by atoms with E-state index in [2.05, 4.69) is 9.72 Å². The molecule has 2 aromatic rings. The van der Waals surface area contributed by atoms with E-state index in [-0.39, 0.29) is 16.4 Å². The molecular weight excluding hydrogens is 312 g/mol. The van der Waals surface area contributed by atoms with E-state index in [1.165, 1.54) is 24.0 Å². The number of hydrogen-bond donors (Lipinski definition) is 0. The number of benzene rings is 1. The van der Waals surface area contributed by atoms with Crippen molar-refractivity contribution in [2.45, 2.75) is 10.8 Å². The number of thiazole rings is 1. The molecule has 0 spiro atoms. The second kappa shape index (κ2) is 6.33. The monoisotopic (exact) mass is 326 g/mol. The minimum atomic E-state index is -3.79. The number of nitrogens with zero attached hydrogens (tertiary/aromatic N) is 2. The number of esters is 1. The van der Waals surface area contributed by atoms with Gasteiger partial charge in [-0.15, -0.1) is 11.3 Å². The Morgan fingerprint density at radius 1 is 1.33 bits per heavy atom. The summed E-state index contributed by atoms with van der Waals surface area (Å²) in [5.74, 6) is -0.761. The highest BCUT2D eigenvalue weighted by Gasteiger charge is 2.30. The fourth-order valence-electron chi connectivity index (χ4n) is 1.72. The highest BCUT2D eigenvalue weighted by molar-refractivity contribution is 7.91. The van der Waals surface area contributed by atoms with Crippen molar-refractivity contribution in [3.05, 3.63) is 47.1 Å². The molecule has 0 aliphatic heterocycles. The summed E-state index contributed by atoms with van der Waals surface area (Å²) in [5.41, 5.74) is 1.99. The van der Waals surface area contributed by atoms with Crippen LogP contribution < -0.4 is 0 Å². The number of aromatic nitrogens is 1. The first kappa shape index (κ1) is 15.6. The number of carbonyl (C=O) groups is 1. The fraction of sp³-hybridized carbons (Fsp3) is 0.231. The van der Waals surface area contributed by atoms with Crippen molar-refractivity contribution in [1.29, 1.82) is 0 Å². The first-order valence-electron chi connectivity index (χ1n) is 5.99. The Labute approximate surface area is 127 Å². The van der Waals surface area contributed by atoms with Crippen molar-refractivity contribution >= 4 is 27.3 Å². The average molecular weight is 326 g/mol. The molecule has 0 bridgehead atoms. The Morgan fingerprint density at radius 2 is 2.00 bits per heavy atom. The minimum absolute atomic E-state index is 0.104. The lowest BCUT2D eigenvalue weighted by Gasteiger charge is -2.16. The van der Waals surface area contributed by atoms with Crippen LogP contribution in [-0.4, -0.2) is 37.8 Å². The van der Waals surface area contributed by atoms with Gasteiger partial charge in [0.1, 0.15) is 0 Å². The molecule has 21 heavy (non-hydrogen) atoms. The maximum atomic E-state index is 12.5. The molecule has 1 aromatic heterocycles. The topological polar surface area (TPSA) is 76.6 Å². The molecule has 0 N–H and O–H groups in total. The van der Waals surface area contributed by atoms with Gasteiger partial charge in [0.15, 0.2) is 9.90 Å². The highest BCUT2D eigenvalue weighted by atomic mass is 32.2. The van der Waals surface area contributed by atoms with Crippen LogP contribution in [0.3, 0.4) is 0 Å². The van der Waals surface area contributed by atoms with Crippen molar-refractivity contribution in [3.63, 3.8) is 0 Å². The molecular formula is C13H14N2O4S2. The number of rotatable bonds is 5. The van der Waals surface area contributed by atoms with E-state index >= 15 is 0 Å². The van der Waals surface area contributed by atoms with E-state index < -0.39 is 16.0 Å². The van der Waals surface area contributed by atoms with Gasteiger partial charge in [-0.25, -0.2) is 18.2 Å². The number of hydrogen-bond acceptors (Lipinski definition) is 6. The molecule has 1 aromatic carbocycles. The van der Waals surface area contributed by atoms with Gasteiger partial charge in [-0.1, -0.05) is 30.3 Å². The highest BCUT2D eigenvalue weighted by Crippen LogP contribution is 2.25. The molecule has 0 aliphatic rings. The Morgan fingerprint density at radius 3 is 2.62 bits per heavy atom. The average Bonchev–Trinajstić information content (AvgIpc) is 2.97. The van der Waals surface area contributed by atoms with Gasteiger partial charge in [-0.05, 0) is 5.56 Å². The standard InChI is InChI=1S/C13H14N2O4S2/c1-15(8-10-6-4-3-5-7-10)21(17,18)13-11(12(16)19-2)14-9-20-13/h3-7,9H,8H2,1-2H3. The molecule has 2 rings (SSSR count). The molecule has 8 heteroatoms. The summed E-state index contributed by atoms with van der Waals surface area (Å²) in [6.07, 6.45) is 0. The smallest absolute Gasteiger partial charge is 0.358 e. The quantitative estimate of drug-likeness (QED) is 0.782. The van der Waals surface area contributed by atoms with Gasteiger partial charge in [-0.2, -0.15) is 4.31 Å². The van der Waals surface area contributed by atoms with E-state index in [9.17, 15) is 13.2 Å². The van der Waals surface area contributed by atoms with E-state index in [0.29, 0.717) is 0 Å². The summed E-state index contributed by atoms with van der Waals surface area (Å²) in [6.45, 7) is 0.210. The van der Waals surface area contributed by atoms with Crippen molar-refractivity contribution in [2.24, 2.45) is 0 Å². The summed E-state index contributed by atoms with van der Waals surface area (Å²) in [6, 6.07) is 9.20. The third-order valence-electron chi connectivity index (χ3n) is 2.81. The van der Waals surface area contributed by atoms with Crippen molar-refractivity contribution in [2.75, 3.05) is 14.2 Å². The minimum Gasteiger partial charge on any atom is -0.464 e. The fourth-order valence-corrected chi connectivity index (χ4v) is 4.20. The van der Waals surface area contributed by atoms with Gasteiger partial charge in [0.05, 0.1) is 12.6 Å².